The summed E-state index contributed by atoms with van der Waals surface area (Å²) in [5.74, 6) is 0. The zero-order chi connectivity index (χ0) is 19.3. The molecular weight excluding hydrogens is 415 g/mol. The van der Waals surface area contributed by atoms with Crippen molar-refractivity contribution >= 4 is 45.4 Å². The lowest BCUT2D eigenvalue weighted by atomic mass is 10.1. The van der Waals surface area contributed by atoms with Crippen molar-refractivity contribution in [3.8, 4) is 11.3 Å². The van der Waals surface area contributed by atoms with E-state index < -0.39 is 0 Å². The largest absolute Gasteiger partial charge is 0.252 e. The van der Waals surface area contributed by atoms with Crippen LogP contribution in [0.5, 0.6) is 0 Å². The predicted octanol–water partition coefficient (Wildman–Crippen LogP) is 5.22. The van der Waals surface area contributed by atoms with Crippen molar-refractivity contribution in [1.82, 2.24) is 19.7 Å². The van der Waals surface area contributed by atoms with E-state index in [-0.39, 0.29) is 0 Å². The second kappa shape index (κ2) is 8.52. The van der Waals surface area contributed by atoms with Gasteiger partial charge in [0, 0.05) is 21.0 Å². The van der Waals surface area contributed by atoms with Gasteiger partial charge in [0.1, 0.15) is 12.7 Å². The number of anilines is 1. The van der Waals surface area contributed by atoms with Gasteiger partial charge >= 0.3 is 0 Å². The molecule has 0 saturated heterocycles. The molecule has 140 valence electrons. The lowest BCUT2D eigenvalue weighted by Crippen LogP contribution is -2.14. The third-order valence-corrected chi connectivity index (χ3v) is 5.14. The molecule has 4 aromatic rings. The maximum Gasteiger partial charge on any atom is 0.203 e. The molecule has 0 atom stereocenters. The number of thiazole rings is 1. The highest BCUT2D eigenvalue weighted by Gasteiger charge is 2.08. The summed E-state index contributed by atoms with van der Waals surface area (Å²) >= 11 is 13.4. The van der Waals surface area contributed by atoms with Crippen molar-refractivity contribution in [1.29, 1.82) is 0 Å². The molecule has 2 aromatic heterocycles. The average molecular weight is 429 g/mol. The van der Waals surface area contributed by atoms with Crippen molar-refractivity contribution in [2.75, 3.05) is 5.43 Å². The van der Waals surface area contributed by atoms with Crippen LogP contribution >= 0.6 is 34.5 Å². The third-order valence-electron chi connectivity index (χ3n) is 3.89. The van der Waals surface area contributed by atoms with E-state index in [4.69, 9.17) is 23.2 Å². The molecule has 0 saturated carbocycles. The van der Waals surface area contributed by atoms with Crippen LogP contribution in [0.2, 0.25) is 10.0 Å². The van der Waals surface area contributed by atoms with Crippen LogP contribution in [0.15, 0.2) is 71.7 Å². The Kier molecular flexibility index (Phi) is 5.66. The molecule has 4 rings (SSSR count). The first-order valence-corrected chi connectivity index (χ1v) is 9.93. The zero-order valence-electron chi connectivity index (χ0n) is 14.5. The Hall–Kier alpha value is -2.74. The van der Waals surface area contributed by atoms with Gasteiger partial charge in [-0.1, -0.05) is 47.5 Å². The van der Waals surface area contributed by atoms with E-state index in [0.717, 1.165) is 22.5 Å². The predicted molar refractivity (Wildman–Crippen MR) is 114 cm³/mol. The molecular formula is C19H14Cl2N6S. The SMILES string of the molecule is Clc1ccc(/C(Cn2cncn2)=N\Nc2nc(-c3ccc(Cl)cc3)cs2)cc1. The van der Waals surface area contributed by atoms with Crippen molar-refractivity contribution in [2.24, 2.45) is 5.10 Å². The number of nitrogens with zero attached hydrogens (tertiary/aromatic N) is 5. The van der Waals surface area contributed by atoms with Crippen LogP contribution in [0.3, 0.4) is 0 Å². The first kappa shape index (κ1) is 18.6. The maximum atomic E-state index is 6.00. The second-order valence-corrected chi connectivity index (χ2v) is 7.55. The summed E-state index contributed by atoms with van der Waals surface area (Å²) < 4.78 is 1.70. The molecule has 0 unspecified atom stereocenters. The van der Waals surface area contributed by atoms with E-state index in [0.29, 0.717) is 21.7 Å². The van der Waals surface area contributed by atoms with Crippen molar-refractivity contribution in [3.05, 3.63) is 82.2 Å². The Morgan fingerprint density at radius 2 is 1.75 bits per heavy atom. The minimum atomic E-state index is 0.462. The van der Waals surface area contributed by atoms with Crippen molar-refractivity contribution < 1.29 is 0 Å². The Morgan fingerprint density at radius 1 is 1.04 bits per heavy atom. The van der Waals surface area contributed by atoms with Gasteiger partial charge in [0.05, 0.1) is 18.0 Å². The first-order chi connectivity index (χ1) is 13.7. The molecule has 0 radical (unpaired) electrons. The topological polar surface area (TPSA) is 68.0 Å². The number of aromatic nitrogens is 4. The van der Waals surface area contributed by atoms with Crippen LogP contribution in [-0.2, 0) is 6.54 Å². The molecule has 0 bridgehead atoms. The first-order valence-electron chi connectivity index (χ1n) is 8.30. The Balaban J connectivity index is 1.56. The summed E-state index contributed by atoms with van der Waals surface area (Å²) in [5, 5.41) is 12.7. The van der Waals surface area contributed by atoms with E-state index in [9.17, 15) is 0 Å². The molecule has 0 spiro atoms. The van der Waals surface area contributed by atoms with Gasteiger partial charge in [0.2, 0.25) is 5.13 Å². The highest BCUT2D eigenvalue weighted by atomic mass is 35.5. The lowest BCUT2D eigenvalue weighted by Gasteiger charge is -2.07. The number of hydrazone groups is 1. The smallest absolute Gasteiger partial charge is 0.203 e. The monoisotopic (exact) mass is 428 g/mol. The second-order valence-electron chi connectivity index (χ2n) is 5.82. The molecule has 0 aliphatic carbocycles. The van der Waals surface area contributed by atoms with Gasteiger partial charge in [-0.05, 0) is 29.8 Å². The molecule has 2 aromatic carbocycles. The quantitative estimate of drug-likeness (QED) is 0.337. The van der Waals surface area contributed by atoms with E-state index >= 15 is 0 Å². The molecule has 0 aliphatic rings. The van der Waals surface area contributed by atoms with Crippen LogP contribution in [0.4, 0.5) is 5.13 Å². The van der Waals surface area contributed by atoms with Gasteiger partial charge in [0.15, 0.2) is 0 Å². The molecule has 9 heteroatoms. The van der Waals surface area contributed by atoms with Gasteiger partial charge in [-0.3, -0.25) is 5.43 Å². The number of hydrogen-bond acceptors (Lipinski definition) is 6. The van der Waals surface area contributed by atoms with Crippen molar-refractivity contribution in [2.45, 2.75) is 6.54 Å². The number of rotatable bonds is 6. The summed E-state index contributed by atoms with van der Waals surface area (Å²) in [7, 11) is 0. The Bertz CT molecular complexity index is 1070. The van der Waals surface area contributed by atoms with Gasteiger partial charge in [-0.2, -0.15) is 10.2 Å². The van der Waals surface area contributed by atoms with Gasteiger partial charge in [-0.25, -0.2) is 14.6 Å². The summed E-state index contributed by atoms with van der Waals surface area (Å²) in [6, 6.07) is 15.1. The van der Waals surface area contributed by atoms with Crippen LogP contribution in [0, 0.1) is 0 Å². The van der Waals surface area contributed by atoms with Gasteiger partial charge < -0.3 is 0 Å². The van der Waals surface area contributed by atoms with E-state index in [2.05, 4.69) is 25.6 Å². The van der Waals surface area contributed by atoms with Crippen LogP contribution < -0.4 is 5.43 Å². The van der Waals surface area contributed by atoms with Gasteiger partial charge in [-0.15, -0.1) is 11.3 Å². The highest BCUT2D eigenvalue weighted by molar-refractivity contribution is 7.14. The van der Waals surface area contributed by atoms with Crippen molar-refractivity contribution in [3.63, 3.8) is 0 Å². The fraction of sp³-hybridized carbons (Fsp3) is 0.0526. The van der Waals surface area contributed by atoms with Crippen LogP contribution in [0.1, 0.15) is 5.56 Å². The number of nitrogens with one attached hydrogen (secondary N) is 1. The van der Waals surface area contributed by atoms with E-state index in [1.54, 1.807) is 11.0 Å². The highest BCUT2D eigenvalue weighted by Crippen LogP contribution is 2.26. The molecule has 0 fully saturated rings. The van der Waals surface area contributed by atoms with Gasteiger partial charge in [0.25, 0.3) is 0 Å². The fourth-order valence-electron chi connectivity index (χ4n) is 2.49. The lowest BCUT2D eigenvalue weighted by molar-refractivity contribution is 0.721. The number of benzene rings is 2. The van der Waals surface area contributed by atoms with Crippen LogP contribution in [0.25, 0.3) is 11.3 Å². The molecule has 2 heterocycles. The number of halogens is 2. The average Bonchev–Trinajstić information content (AvgIpc) is 3.38. The molecule has 6 nitrogen and oxygen atoms in total. The Morgan fingerprint density at radius 3 is 2.43 bits per heavy atom. The summed E-state index contributed by atoms with van der Waals surface area (Å²) in [4.78, 5) is 8.57. The van der Waals surface area contributed by atoms with E-state index in [1.165, 1.54) is 17.7 Å². The maximum absolute atomic E-state index is 6.00. The third kappa shape index (κ3) is 4.56. The minimum Gasteiger partial charge on any atom is -0.252 e. The molecule has 0 aliphatic heterocycles. The summed E-state index contributed by atoms with van der Waals surface area (Å²) in [5.41, 5.74) is 6.62. The standard InChI is InChI=1S/C19H14Cl2N6S/c20-15-5-1-13(2-6-15)17(9-27-12-22-11-23-27)25-26-19-24-18(10-28-19)14-3-7-16(21)8-4-14/h1-8,10-12H,9H2,(H,24,26)/b25-17-. The zero-order valence-corrected chi connectivity index (χ0v) is 16.8. The van der Waals surface area contributed by atoms with E-state index in [1.807, 2.05) is 53.9 Å². The number of hydrogen-bond donors (Lipinski definition) is 1. The van der Waals surface area contributed by atoms with Crippen LogP contribution in [-0.4, -0.2) is 25.5 Å². The molecule has 0 amide bonds. The normalized spacial score (nSPS) is 11.6. The minimum absolute atomic E-state index is 0.462. The summed E-state index contributed by atoms with van der Waals surface area (Å²) in [6.07, 6.45) is 3.14. The fourth-order valence-corrected chi connectivity index (χ4v) is 3.41. The molecule has 1 N–H and O–H groups in total. The Labute approximate surface area is 175 Å². The summed E-state index contributed by atoms with van der Waals surface area (Å²) in [6.45, 7) is 0.462. The molecule has 28 heavy (non-hydrogen) atoms.